The summed E-state index contributed by atoms with van der Waals surface area (Å²) in [5.41, 5.74) is 0.558. The van der Waals surface area contributed by atoms with Gasteiger partial charge in [0.05, 0.1) is 0 Å². The van der Waals surface area contributed by atoms with Crippen LogP contribution >= 0.6 is 0 Å². The third-order valence-electron chi connectivity index (χ3n) is 4.50. The molecule has 1 rings (SSSR count). The molecule has 0 N–H and O–H groups in total. The Balaban J connectivity index is 2.49. The fraction of sp³-hybridized carbons (Fsp3) is 1.00. The van der Waals surface area contributed by atoms with Gasteiger partial charge in [0.15, 0.2) is 0 Å². The van der Waals surface area contributed by atoms with Crippen LogP contribution in [0.15, 0.2) is 0 Å². The molecular weight excluding hydrogens is 156 g/mol. The van der Waals surface area contributed by atoms with Crippen molar-refractivity contribution in [3.8, 4) is 0 Å². The SMILES string of the molecule is CCC(C)(C)C(C)C1CCCCC1. The van der Waals surface area contributed by atoms with Gasteiger partial charge >= 0.3 is 0 Å². The molecule has 0 spiro atoms. The second-order valence-corrected chi connectivity index (χ2v) is 5.53. The van der Waals surface area contributed by atoms with Crippen molar-refractivity contribution in [1.29, 1.82) is 0 Å². The van der Waals surface area contributed by atoms with E-state index in [0.717, 1.165) is 11.8 Å². The molecule has 0 saturated heterocycles. The molecule has 0 heteroatoms. The quantitative estimate of drug-likeness (QED) is 0.596. The maximum absolute atomic E-state index is 2.47. The van der Waals surface area contributed by atoms with Crippen molar-refractivity contribution in [2.24, 2.45) is 17.3 Å². The normalized spacial score (nSPS) is 23.1. The first kappa shape index (κ1) is 11.1. The molecule has 78 valence electrons. The highest BCUT2D eigenvalue weighted by atomic mass is 14.4. The lowest BCUT2D eigenvalue weighted by Gasteiger charge is -2.38. The second kappa shape index (κ2) is 4.48. The second-order valence-electron chi connectivity index (χ2n) is 5.53. The Bertz CT molecular complexity index is 140. The van der Waals surface area contributed by atoms with E-state index in [1.165, 1.54) is 38.5 Å². The van der Waals surface area contributed by atoms with E-state index in [0.29, 0.717) is 5.41 Å². The molecule has 1 aliphatic carbocycles. The molecule has 0 bridgehead atoms. The van der Waals surface area contributed by atoms with Crippen LogP contribution in [0.5, 0.6) is 0 Å². The summed E-state index contributed by atoms with van der Waals surface area (Å²) in [6.45, 7) is 9.68. The van der Waals surface area contributed by atoms with Gasteiger partial charge < -0.3 is 0 Å². The highest BCUT2D eigenvalue weighted by Gasteiger charge is 2.31. The Hall–Kier alpha value is 0. The monoisotopic (exact) mass is 182 g/mol. The molecule has 1 unspecified atom stereocenters. The minimum absolute atomic E-state index is 0.558. The van der Waals surface area contributed by atoms with Crippen molar-refractivity contribution in [2.75, 3.05) is 0 Å². The molecular formula is C13H26. The molecule has 13 heavy (non-hydrogen) atoms. The molecule has 0 heterocycles. The number of hydrogen-bond donors (Lipinski definition) is 0. The molecule has 0 aromatic carbocycles. The molecule has 0 nitrogen and oxygen atoms in total. The first-order valence-electron chi connectivity index (χ1n) is 6.08. The summed E-state index contributed by atoms with van der Waals surface area (Å²) in [5, 5.41) is 0. The van der Waals surface area contributed by atoms with Gasteiger partial charge in [-0.3, -0.25) is 0 Å². The summed E-state index contributed by atoms with van der Waals surface area (Å²) >= 11 is 0. The van der Waals surface area contributed by atoms with Crippen LogP contribution in [0.4, 0.5) is 0 Å². The van der Waals surface area contributed by atoms with Gasteiger partial charge in [0.2, 0.25) is 0 Å². The minimum atomic E-state index is 0.558. The number of hydrogen-bond acceptors (Lipinski definition) is 0. The van der Waals surface area contributed by atoms with Crippen molar-refractivity contribution in [3.05, 3.63) is 0 Å². The van der Waals surface area contributed by atoms with Crippen molar-refractivity contribution in [1.82, 2.24) is 0 Å². The third-order valence-corrected chi connectivity index (χ3v) is 4.50. The first-order valence-corrected chi connectivity index (χ1v) is 6.08. The molecule has 1 fully saturated rings. The molecule has 1 saturated carbocycles. The van der Waals surface area contributed by atoms with E-state index in [2.05, 4.69) is 27.7 Å². The van der Waals surface area contributed by atoms with Crippen molar-refractivity contribution in [2.45, 2.75) is 66.2 Å². The fourth-order valence-electron chi connectivity index (χ4n) is 2.59. The average molecular weight is 182 g/mol. The Morgan fingerprint density at radius 1 is 1.15 bits per heavy atom. The molecule has 1 atom stereocenters. The highest BCUT2D eigenvalue weighted by molar-refractivity contribution is 4.81. The van der Waals surface area contributed by atoms with Gasteiger partial charge in [0.25, 0.3) is 0 Å². The summed E-state index contributed by atoms with van der Waals surface area (Å²) < 4.78 is 0. The van der Waals surface area contributed by atoms with Gasteiger partial charge in [-0.25, -0.2) is 0 Å². The van der Waals surface area contributed by atoms with Crippen molar-refractivity contribution < 1.29 is 0 Å². The van der Waals surface area contributed by atoms with Crippen LogP contribution in [0.2, 0.25) is 0 Å². The van der Waals surface area contributed by atoms with Gasteiger partial charge in [-0.2, -0.15) is 0 Å². The molecule has 0 amide bonds. The van der Waals surface area contributed by atoms with Crippen LogP contribution in [0.25, 0.3) is 0 Å². The molecule has 1 aliphatic rings. The zero-order valence-electron chi connectivity index (χ0n) is 9.90. The van der Waals surface area contributed by atoms with E-state index in [1.807, 2.05) is 0 Å². The lowest BCUT2D eigenvalue weighted by Crippen LogP contribution is -2.29. The van der Waals surface area contributed by atoms with Gasteiger partial charge in [-0.1, -0.05) is 66.2 Å². The van der Waals surface area contributed by atoms with Crippen molar-refractivity contribution >= 4 is 0 Å². The Labute approximate surface area is 84.1 Å². The Kier molecular flexibility index (Phi) is 3.82. The topological polar surface area (TPSA) is 0 Å². The summed E-state index contributed by atoms with van der Waals surface area (Å²) in [6, 6.07) is 0. The zero-order valence-corrected chi connectivity index (χ0v) is 9.90. The van der Waals surface area contributed by atoms with Crippen LogP contribution in [-0.2, 0) is 0 Å². The average Bonchev–Trinajstić information content (AvgIpc) is 2.18. The van der Waals surface area contributed by atoms with Gasteiger partial charge in [0.1, 0.15) is 0 Å². The minimum Gasteiger partial charge on any atom is -0.0649 e. The van der Waals surface area contributed by atoms with Gasteiger partial charge in [-0.15, -0.1) is 0 Å². The Morgan fingerprint density at radius 3 is 2.15 bits per heavy atom. The maximum Gasteiger partial charge on any atom is -0.0329 e. The molecule has 0 aliphatic heterocycles. The highest BCUT2D eigenvalue weighted by Crippen LogP contribution is 2.41. The number of rotatable bonds is 3. The van der Waals surface area contributed by atoms with E-state index in [9.17, 15) is 0 Å². The third kappa shape index (κ3) is 2.72. The lowest BCUT2D eigenvalue weighted by atomic mass is 9.67. The summed E-state index contributed by atoms with van der Waals surface area (Å²) in [6.07, 6.45) is 8.75. The van der Waals surface area contributed by atoms with Gasteiger partial charge in [-0.05, 0) is 17.3 Å². The van der Waals surface area contributed by atoms with Crippen LogP contribution in [-0.4, -0.2) is 0 Å². The smallest absolute Gasteiger partial charge is 0.0329 e. The maximum atomic E-state index is 2.47. The van der Waals surface area contributed by atoms with E-state index in [-0.39, 0.29) is 0 Å². The van der Waals surface area contributed by atoms with Crippen LogP contribution in [0.1, 0.15) is 66.2 Å². The largest absolute Gasteiger partial charge is 0.0649 e. The van der Waals surface area contributed by atoms with E-state index < -0.39 is 0 Å². The van der Waals surface area contributed by atoms with Crippen LogP contribution in [0.3, 0.4) is 0 Å². The summed E-state index contributed by atoms with van der Waals surface area (Å²) in [4.78, 5) is 0. The van der Waals surface area contributed by atoms with Gasteiger partial charge in [0, 0.05) is 0 Å². The van der Waals surface area contributed by atoms with Crippen LogP contribution in [0, 0.1) is 17.3 Å². The standard InChI is InChI=1S/C13H26/c1-5-13(3,4)11(2)12-9-7-6-8-10-12/h11-12H,5-10H2,1-4H3. The summed E-state index contributed by atoms with van der Waals surface area (Å²) in [7, 11) is 0. The molecule has 0 aromatic heterocycles. The van der Waals surface area contributed by atoms with Crippen LogP contribution < -0.4 is 0 Å². The summed E-state index contributed by atoms with van der Waals surface area (Å²) in [5.74, 6) is 1.93. The first-order chi connectivity index (χ1) is 6.08. The molecule has 0 radical (unpaired) electrons. The fourth-order valence-corrected chi connectivity index (χ4v) is 2.59. The lowest BCUT2D eigenvalue weighted by molar-refractivity contribution is 0.120. The zero-order chi connectivity index (χ0) is 9.90. The van der Waals surface area contributed by atoms with E-state index >= 15 is 0 Å². The Morgan fingerprint density at radius 2 is 1.69 bits per heavy atom. The van der Waals surface area contributed by atoms with Crippen molar-refractivity contribution in [3.63, 3.8) is 0 Å². The predicted octanol–water partition coefficient (Wildman–Crippen LogP) is 4.64. The van der Waals surface area contributed by atoms with E-state index in [4.69, 9.17) is 0 Å². The predicted molar refractivity (Wildman–Crippen MR) is 59.8 cm³/mol. The molecule has 0 aromatic rings. The van der Waals surface area contributed by atoms with E-state index in [1.54, 1.807) is 0 Å².